The maximum absolute atomic E-state index is 5.95. The van der Waals surface area contributed by atoms with Crippen LogP contribution in [0.4, 0.5) is 0 Å². The molecule has 1 aliphatic rings. The molecular formula is C15H14ClNO2. The topological polar surface area (TPSA) is 30.5 Å². The second-order valence-electron chi connectivity index (χ2n) is 4.38. The van der Waals surface area contributed by atoms with Crippen molar-refractivity contribution in [2.75, 3.05) is 6.79 Å². The smallest absolute Gasteiger partial charge is 0.231 e. The minimum absolute atomic E-state index is 0.306. The summed E-state index contributed by atoms with van der Waals surface area (Å²) < 4.78 is 10.8. The number of halogens is 1. The fraction of sp³-hybridized carbons (Fsp3) is 0.200. The maximum atomic E-state index is 5.95. The van der Waals surface area contributed by atoms with Gasteiger partial charge in [0.15, 0.2) is 11.5 Å². The van der Waals surface area contributed by atoms with Crippen LogP contribution in [0.5, 0.6) is 11.5 Å². The van der Waals surface area contributed by atoms with E-state index in [0.29, 0.717) is 6.79 Å². The van der Waals surface area contributed by atoms with Crippen LogP contribution in [0.3, 0.4) is 0 Å². The molecule has 2 aromatic carbocycles. The number of benzene rings is 2. The maximum Gasteiger partial charge on any atom is 0.231 e. The second kappa shape index (κ2) is 5.51. The molecule has 0 amide bonds. The molecule has 0 bridgehead atoms. The molecule has 0 saturated carbocycles. The number of rotatable bonds is 4. The third-order valence-corrected chi connectivity index (χ3v) is 3.25. The van der Waals surface area contributed by atoms with Crippen molar-refractivity contribution in [3.05, 3.63) is 58.6 Å². The molecule has 0 aromatic heterocycles. The lowest BCUT2D eigenvalue weighted by atomic mass is 10.1. The van der Waals surface area contributed by atoms with Gasteiger partial charge in [-0.15, -0.1) is 0 Å². The third-order valence-electron chi connectivity index (χ3n) is 3.01. The Bertz CT molecular complexity index is 586. The standard InChI is InChI=1S/C15H14ClNO2/c16-13-5-1-3-11(7-13)8-17-9-12-4-2-6-14-15(12)19-10-18-14/h1-7,17H,8-10H2. The molecule has 1 N–H and O–H groups in total. The van der Waals surface area contributed by atoms with Crippen molar-refractivity contribution in [1.82, 2.24) is 5.32 Å². The van der Waals surface area contributed by atoms with Gasteiger partial charge in [-0.05, 0) is 23.8 Å². The Balaban J connectivity index is 1.63. The number of hydrogen-bond acceptors (Lipinski definition) is 3. The van der Waals surface area contributed by atoms with Crippen molar-refractivity contribution in [3.8, 4) is 11.5 Å². The van der Waals surface area contributed by atoms with Gasteiger partial charge >= 0.3 is 0 Å². The number of fused-ring (bicyclic) bond motifs is 1. The van der Waals surface area contributed by atoms with Gasteiger partial charge in [-0.1, -0.05) is 35.9 Å². The molecule has 0 saturated heterocycles. The normalized spacial score (nSPS) is 12.7. The molecule has 0 unspecified atom stereocenters. The summed E-state index contributed by atoms with van der Waals surface area (Å²) in [7, 11) is 0. The highest BCUT2D eigenvalue weighted by molar-refractivity contribution is 6.30. The molecule has 0 aliphatic carbocycles. The Kier molecular flexibility index (Phi) is 3.58. The first-order valence-corrected chi connectivity index (χ1v) is 6.53. The summed E-state index contributed by atoms with van der Waals surface area (Å²) >= 11 is 5.95. The van der Waals surface area contributed by atoms with Crippen molar-refractivity contribution >= 4 is 11.6 Å². The van der Waals surface area contributed by atoms with E-state index in [1.54, 1.807) is 0 Å². The molecule has 0 atom stereocenters. The van der Waals surface area contributed by atoms with Crippen molar-refractivity contribution in [2.45, 2.75) is 13.1 Å². The predicted molar refractivity (Wildman–Crippen MR) is 74.6 cm³/mol. The van der Waals surface area contributed by atoms with Gasteiger partial charge in [0.05, 0.1) is 0 Å². The Morgan fingerprint density at radius 3 is 2.84 bits per heavy atom. The van der Waals surface area contributed by atoms with E-state index in [4.69, 9.17) is 21.1 Å². The number of ether oxygens (including phenoxy) is 2. The summed E-state index contributed by atoms with van der Waals surface area (Å²) in [5.41, 5.74) is 2.27. The summed E-state index contributed by atoms with van der Waals surface area (Å²) in [5, 5.41) is 4.14. The Hall–Kier alpha value is -1.71. The molecule has 0 spiro atoms. The largest absolute Gasteiger partial charge is 0.454 e. The lowest BCUT2D eigenvalue weighted by Gasteiger charge is -2.08. The second-order valence-corrected chi connectivity index (χ2v) is 4.82. The highest BCUT2D eigenvalue weighted by Crippen LogP contribution is 2.35. The Morgan fingerprint density at radius 1 is 1.05 bits per heavy atom. The van der Waals surface area contributed by atoms with Crippen LogP contribution in [0.15, 0.2) is 42.5 Å². The summed E-state index contributed by atoms with van der Waals surface area (Å²) in [6.07, 6.45) is 0. The van der Waals surface area contributed by atoms with E-state index in [0.717, 1.165) is 40.7 Å². The van der Waals surface area contributed by atoms with Gasteiger partial charge in [-0.2, -0.15) is 0 Å². The van der Waals surface area contributed by atoms with Crippen molar-refractivity contribution in [2.24, 2.45) is 0 Å². The molecule has 3 rings (SSSR count). The fourth-order valence-electron chi connectivity index (χ4n) is 2.12. The zero-order chi connectivity index (χ0) is 13.1. The van der Waals surface area contributed by atoms with Gasteiger partial charge in [0.25, 0.3) is 0 Å². The zero-order valence-corrected chi connectivity index (χ0v) is 11.1. The molecule has 0 radical (unpaired) electrons. The fourth-order valence-corrected chi connectivity index (χ4v) is 2.33. The monoisotopic (exact) mass is 275 g/mol. The van der Waals surface area contributed by atoms with E-state index in [1.165, 1.54) is 0 Å². The minimum atomic E-state index is 0.306. The Labute approximate surface area is 117 Å². The summed E-state index contributed by atoms with van der Waals surface area (Å²) in [6.45, 7) is 1.81. The number of para-hydroxylation sites is 1. The van der Waals surface area contributed by atoms with E-state index in [1.807, 2.05) is 42.5 Å². The van der Waals surface area contributed by atoms with Crippen molar-refractivity contribution in [3.63, 3.8) is 0 Å². The van der Waals surface area contributed by atoms with Gasteiger partial charge in [0.1, 0.15) is 0 Å². The first kappa shape index (κ1) is 12.3. The van der Waals surface area contributed by atoms with E-state index in [-0.39, 0.29) is 0 Å². The SMILES string of the molecule is Clc1cccc(CNCc2cccc3c2OCO3)c1. The van der Waals surface area contributed by atoms with E-state index < -0.39 is 0 Å². The average molecular weight is 276 g/mol. The first-order chi connectivity index (χ1) is 9.33. The van der Waals surface area contributed by atoms with Gasteiger partial charge in [0, 0.05) is 23.7 Å². The van der Waals surface area contributed by atoms with Crippen LogP contribution in [0.25, 0.3) is 0 Å². The quantitative estimate of drug-likeness (QED) is 0.928. The van der Waals surface area contributed by atoms with Crippen molar-refractivity contribution < 1.29 is 9.47 Å². The molecule has 2 aromatic rings. The lowest BCUT2D eigenvalue weighted by Crippen LogP contribution is -2.13. The first-order valence-electron chi connectivity index (χ1n) is 6.15. The summed E-state index contributed by atoms with van der Waals surface area (Å²) in [4.78, 5) is 0. The van der Waals surface area contributed by atoms with Gasteiger partial charge in [0.2, 0.25) is 6.79 Å². The van der Waals surface area contributed by atoms with E-state index in [9.17, 15) is 0 Å². The van der Waals surface area contributed by atoms with Gasteiger partial charge < -0.3 is 14.8 Å². The predicted octanol–water partition coefficient (Wildman–Crippen LogP) is 3.36. The van der Waals surface area contributed by atoms with Gasteiger partial charge in [-0.25, -0.2) is 0 Å². The van der Waals surface area contributed by atoms with Crippen LogP contribution in [-0.2, 0) is 13.1 Å². The highest BCUT2D eigenvalue weighted by atomic mass is 35.5. The molecule has 19 heavy (non-hydrogen) atoms. The summed E-state index contributed by atoms with van der Waals surface area (Å²) in [5.74, 6) is 1.67. The van der Waals surface area contributed by atoms with Crippen LogP contribution in [0, 0.1) is 0 Å². The van der Waals surface area contributed by atoms with E-state index >= 15 is 0 Å². The number of nitrogens with one attached hydrogen (secondary N) is 1. The van der Waals surface area contributed by atoms with Crippen LogP contribution in [0.1, 0.15) is 11.1 Å². The van der Waals surface area contributed by atoms with Crippen molar-refractivity contribution in [1.29, 1.82) is 0 Å². The van der Waals surface area contributed by atoms with Crippen LogP contribution in [-0.4, -0.2) is 6.79 Å². The van der Waals surface area contributed by atoms with Crippen LogP contribution in [0.2, 0.25) is 5.02 Å². The molecule has 0 fully saturated rings. The molecule has 3 nitrogen and oxygen atoms in total. The van der Waals surface area contributed by atoms with Gasteiger partial charge in [-0.3, -0.25) is 0 Å². The molecular weight excluding hydrogens is 262 g/mol. The van der Waals surface area contributed by atoms with Crippen LogP contribution >= 0.6 is 11.6 Å². The van der Waals surface area contributed by atoms with E-state index in [2.05, 4.69) is 5.32 Å². The highest BCUT2D eigenvalue weighted by Gasteiger charge is 2.16. The summed E-state index contributed by atoms with van der Waals surface area (Å²) in [6, 6.07) is 13.8. The van der Waals surface area contributed by atoms with Crippen LogP contribution < -0.4 is 14.8 Å². The molecule has 98 valence electrons. The Morgan fingerprint density at radius 2 is 1.95 bits per heavy atom. The zero-order valence-electron chi connectivity index (χ0n) is 10.4. The molecule has 1 heterocycles. The lowest BCUT2D eigenvalue weighted by molar-refractivity contribution is 0.173. The number of hydrogen-bond donors (Lipinski definition) is 1. The molecule has 4 heteroatoms. The minimum Gasteiger partial charge on any atom is -0.454 e. The third kappa shape index (κ3) is 2.83. The molecule has 1 aliphatic heterocycles. The average Bonchev–Trinajstić information content (AvgIpc) is 2.88.